The first-order valence-corrected chi connectivity index (χ1v) is 6.68. The topological polar surface area (TPSA) is 0 Å². The van der Waals surface area contributed by atoms with Crippen LogP contribution in [0.3, 0.4) is 0 Å². The van der Waals surface area contributed by atoms with Crippen LogP contribution in [0.1, 0.15) is 26.2 Å². The number of hydrogen-bond acceptors (Lipinski definition) is 0. The molecule has 0 fully saturated rings. The zero-order valence-electron chi connectivity index (χ0n) is 7.92. The molecule has 1 rings (SSSR count). The molecule has 0 radical (unpaired) electrons. The summed E-state index contributed by atoms with van der Waals surface area (Å²) in [6.45, 7) is 2.27. The Kier molecular flexibility index (Phi) is 5.45. The van der Waals surface area contributed by atoms with Crippen LogP contribution in [0, 0.1) is 0 Å². The number of unbranched alkanes of at least 4 members (excludes halogenated alkanes) is 2. The smallest absolute Gasteiger partial charge is 0.174 e. The Hall–Kier alpha value is -0.0138. The van der Waals surface area contributed by atoms with Gasteiger partial charge in [-0.05, 0) is 0 Å². The summed E-state index contributed by atoms with van der Waals surface area (Å²) in [5.41, 5.74) is 0. The van der Waals surface area contributed by atoms with Crippen molar-refractivity contribution in [2.24, 2.45) is 0 Å². The van der Waals surface area contributed by atoms with Crippen molar-refractivity contribution >= 4 is 24.1 Å². The number of rotatable bonds is 5. The third-order valence-electron chi connectivity index (χ3n) is 2.16. The number of hydrogen-bond donors (Lipinski definition) is 0. The van der Waals surface area contributed by atoms with Gasteiger partial charge in [0.15, 0.2) is 0 Å². The normalized spacial score (nSPS) is 9.42. The zero-order valence-corrected chi connectivity index (χ0v) is 9.34. The average molecular weight is 173 g/mol. The zero-order chi connectivity index (χ0) is 8.65. The van der Waals surface area contributed by atoms with Crippen molar-refractivity contribution < 1.29 is 0 Å². The first-order valence-electron chi connectivity index (χ1n) is 4.97. The molecule has 0 saturated heterocycles. The van der Waals surface area contributed by atoms with Crippen LogP contribution >= 0.6 is 0 Å². The van der Waals surface area contributed by atoms with Gasteiger partial charge in [-0.1, -0.05) is 56.5 Å². The fraction of sp³-hybridized carbons (Fsp3) is 0.455. The molecule has 0 heterocycles. The molecule has 1 heteroatoms. The molecule has 0 bridgehead atoms. The SMILES string of the molecule is CCCC[CH2][Mg][c]1ccccc1. The van der Waals surface area contributed by atoms with E-state index in [1.165, 1.54) is 23.8 Å². The Bertz CT molecular complexity index is 193. The lowest BCUT2D eigenvalue weighted by Crippen LogP contribution is -2.12. The highest BCUT2D eigenvalue weighted by molar-refractivity contribution is 6.53. The van der Waals surface area contributed by atoms with Gasteiger partial charge in [0.25, 0.3) is 0 Å². The van der Waals surface area contributed by atoms with Crippen molar-refractivity contribution in [3.05, 3.63) is 30.3 Å². The summed E-state index contributed by atoms with van der Waals surface area (Å²) < 4.78 is 3.10. The predicted octanol–water partition coefficient (Wildman–Crippen LogP) is 2.62. The number of benzene rings is 1. The molecular formula is C11H16Mg. The highest BCUT2D eigenvalue weighted by atomic mass is 24.5. The summed E-state index contributed by atoms with van der Waals surface area (Å²) in [5, 5.41) is 0. The molecule has 0 aliphatic rings. The molecule has 1 aromatic carbocycles. The standard InChI is InChI=1S/C6H5.C5H11.Mg/c1-2-4-6-5-3-1;1-3-5-4-2;/h1-5H;1,3-5H2,2H3;. The molecule has 0 aliphatic heterocycles. The Labute approximate surface area is 85.1 Å². The molecule has 0 spiro atoms. The van der Waals surface area contributed by atoms with Gasteiger partial charge in [-0.3, -0.25) is 0 Å². The van der Waals surface area contributed by atoms with Crippen LogP contribution in [-0.2, 0) is 0 Å². The molecule has 0 atom stereocenters. The first kappa shape index (κ1) is 10.1. The van der Waals surface area contributed by atoms with E-state index in [0.717, 1.165) is 0 Å². The van der Waals surface area contributed by atoms with Crippen LogP contribution in [0.15, 0.2) is 30.3 Å². The first-order chi connectivity index (χ1) is 5.93. The lowest BCUT2D eigenvalue weighted by atomic mass is 10.3. The third-order valence-corrected chi connectivity index (χ3v) is 4.06. The molecule has 12 heavy (non-hydrogen) atoms. The van der Waals surface area contributed by atoms with Crippen LogP contribution in [-0.4, -0.2) is 20.4 Å². The van der Waals surface area contributed by atoms with Gasteiger partial charge >= 0.3 is 20.4 Å². The second-order valence-electron chi connectivity index (χ2n) is 3.30. The van der Waals surface area contributed by atoms with Gasteiger partial charge in [0.05, 0.1) is 0 Å². The van der Waals surface area contributed by atoms with Gasteiger partial charge in [-0.25, -0.2) is 0 Å². The molecule has 0 unspecified atom stereocenters. The van der Waals surface area contributed by atoms with Crippen molar-refractivity contribution in [2.75, 3.05) is 0 Å². The summed E-state index contributed by atoms with van der Waals surface area (Å²) in [6, 6.07) is 11.0. The van der Waals surface area contributed by atoms with E-state index < -0.39 is 0 Å². The van der Waals surface area contributed by atoms with E-state index in [4.69, 9.17) is 0 Å². The minimum atomic E-state index is 0.0683. The van der Waals surface area contributed by atoms with E-state index in [9.17, 15) is 0 Å². The monoisotopic (exact) mass is 172 g/mol. The Morgan fingerprint density at radius 1 is 1.08 bits per heavy atom. The lowest BCUT2D eigenvalue weighted by molar-refractivity contribution is 0.769. The molecule has 0 nitrogen and oxygen atoms in total. The second-order valence-corrected chi connectivity index (χ2v) is 5.32. The van der Waals surface area contributed by atoms with Gasteiger partial charge in [0.1, 0.15) is 0 Å². The van der Waals surface area contributed by atoms with Crippen molar-refractivity contribution in [1.82, 2.24) is 0 Å². The third kappa shape index (κ3) is 4.12. The van der Waals surface area contributed by atoms with Crippen molar-refractivity contribution in [2.45, 2.75) is 30.7 Å². The van der Waals surface area contributed by atoms with Gasteiger partial charge in [-0.15, -0.1) is 4.55 Å². The van der Waals surface area contributed by atoms with E-state index in [1.807, 2.05) is 0 Å². The van der Waals surface area contributed by atoms with E-state index in [1.54, 1.807) is 3.69 Å². The maximum Gasteiger partial charge on any atom is 0.408 e. The Balaban J connectivity index is 2.16. The van der Waals surface area contributed by atoms with E-state index in [0.29, 0.717) is 0 Å². The molecule has 0 saturated carbocycles. The van der Waals surface area contributed by atoms with E-state index in [2.05, 4.69) is 37.3 Å². The molecule has 0 aliphatic carbocycles. The minimum absolute atomic E-state index is 0.0683. The maximum absolute atomic E-state index is 2.28. The lowest BCUT2D eigenvalue weighted by Gasteiger charge is -1.97. The molecule has 1 aromatic rings. The average Bonchev–Trinajstić information content (AvgIpc) is 2.14. The van der Waals surface area contributed by atoms with Crippen LogP contribution in [0.4, 0.5) is 0 Å². The van der Waals surface area contributed by atoms with Crippen LogP contribution in [0.5, 0.6) is 0 Å². The Morgan fingerprint density at radius 2 is 1.83 bits per heavy atom. The van der Waals surface area contributed by atoms with E-state index in [-0.39, 0.29) is 20.4 Å². The minimum Gasteiger partial charge on any atom is -0.174 e. The fourth-order valence-corrected chi connectivity index (χ4v) is 3.02. The van der Waals surface area contributed by atoms with Gasteiger partial charge in [0, 0.05) is 0 Å². The second kappa shape index (κ2) is 6.50. The molecular weight excluding hydrogens is 156 g/mol. The maximum atomic E-state index is 2.28. The van der Waals surface area contributed by atoms with Gasteiger partial charge in [0.2, 0.25) is 0 Å². The highest BCUT2D eigenvalue weighted by Crippen LogP contribution is 1.98. The van der Waals surface area contributed by atoms with Crippen molar-refractivity contribution in [1.29, 1.82) is 0 Å². The summed E-state index contributed by atoms with van der Waals surface area (Å²) in [6.07, 6.45) is 4.21. The van der Waals surface area contributed by atoms with E-state index >= 15 is 0 Å². The van der Waals surface area contributed by atoms with Gasteiger partial charge in [-0.2, -0.15) is 3.69 Å². The van der Waals surface area contributed by atoms with Crippen LogP contribution < -0.4 is 3.69 Å². The molecule has 62 valence electrons. The Morgan fingerprint density at radius 3 is 2.50 bits per heavy atom. The predicted molar refractivity (Wildman–Crippen MR) is 56.2 cm³/mol. The van der Waals surface area contributed by atoms with Crippen molar-refractivity contribution in [3.8, 4) is 0 Å². The fourth-order valence-electron chi connectivity index (χ4n) is 1.40. The molecule has 0 N–H and O–H groups in total. The summed E-state index contributed by atoms with van der Waals surface area (Å²) in [5.74, 6) is 0. The van der Waals surface area contributed by atoms with Crippen molar-refractivity contribution in [3.63, 3.8) is 0 Å². The summed E-state index contributed by atoms with van der Waals surface area (Å²) >= 11 is 0.0683. The van der Waals surface area contributed by atoms with Gasteiger partial charge < -0.3 is 0 Å². The molecule has 0 aromatic heterocycles. The highest BCUT2D eigenvalue weighted by Gasteiger charge is 1.96. The van der Waals surface area contributed by atoms with Crippen LogP contribution in [0.2, 0.25) is 4.55 Å². The quantitative estimate of drug-likeness (QED) is 0.473. The summed E-state index contributed by atoms with van der Waals surface area (Å²) in [4.78, 5) is 0. The summed E-state index contributed by atoms with van der Waals surface area (Å²) in [7, 11) is 0. The largest absolute Gasteiger partial charge is 0.408 e. The van der Waals surface area contributed by atoms with Crippen LogP contribution in [0.25, 0.3) is 0 Å². The molecule has 0 amide bonds.